The molecule has 0 spiro atoms. The second kappa shape index (κ2) is 6.59. The van der Waals surface area contributed by atoms with E-state index in [2.05, 4.69) is 42.4 Å². The third-order valence-electron chi connectivity index (χ3n) is 3.57. The number of nitrogens with zero attached hydrogens (tertiary/aromatic N) is 3. The number of fused-ring (bicyclic) bond motifs is 1. The Morgan fingerprint density at radius 2 is 2.10 bits per heavy atom. The van der Waals surface area contributed by atoms with E-state index in [1.807, 2.05) is 35.5 Å². The molecule has 0 aliphatic heterocycles. The van der Waals surface area contributed by atoms with Crippen molar-refractivity contribution in [1.82, 2.24) is 19.9 Å². The second-order valence-electron chi connectivity index (χ2n) is 5.55. The highest BCUT2D eigenvalue weighted by atomic mass is 32.2. The van der Waals surface area contributed by atoms with E-state index < -0.39 is 0 Å². The van der Waals surface area contributed by atoms with Crippen LogP contribution in [0.25, 0.3) is 5.65 Å². The molecule has 0 fully saturated rings. The number of hydrogen-bond acceptors (Lipinski definition) is 4. The zero-order valence-electron chi connectivity index (χ0n) is 13.0. The van der Waals surface area contributed by atoms with Crippen molar-refractivity contribution in [2.75, 3.05) is 18.6 Å². The molecule has 2 aromatic rings. The molecule has 110 valence electrons. The number of hydrogen-bond donors (Lipinski definition) is 1. The van der Waals surface area contributed by atoms with Crippen LogP contribution < -0.4 is 5.32 Å². The lowest BCUT2D eigenvalue weighted by Gasteiger charge is -2.19. The van der Waals surface area contributed by atoms with Gasteiger partial charge in [0.1, 0.15) is 0 Å². The maximum absolute atomic E-state index is 4.50. The van der Waals surface area contributed by atoms with Crippen LogP contribution in [0.2, 0.25) is 0 Å². The molecule has 0 aromatic carbocycles. The fourth-order valence-corrected chi connectivity index (χ4v) is 3.12. The predicted molar refractivity (Wildman–Crippen MR) is 86.4 cm³/mol. The molecule has 0 amide bonds. The van der Waals surface area contributed by atoms with Gasteiger partial charge in [0, 0.05) is 29.6 Å². The Labute approximate surface area is 125 Å². The minimum absolute atomic E-state index is 0.292. The van der Waals surface area contributed by atoms with Gasteiger partial charge in [-0.2, -0.15) is 16.9 Å². The summed E-state index contributed by atoms with van der Waals surface area (Å²) in [5.74, 6) is 1.87. The molecule has 1 N–H and O–H groups in total. The van der Waals surface area contributed by atoms with Gasteiger partial charge < -0.3 is 5.32 Å². The van der Waals surface area contributed by atoms with Gasteiger partial charge in [-0.15, -0.1) is 0 Å². The largest absolute Gasteiger partial charge is 0.310 e. The van der Waals surface area contributed by atoms with Gasteiger partial charge in [-0.05, 0) is 45.2 Å². The Hall–Kier alpha value is -1.07. The topological polar surface area (TPSA) is 42.2 Å². The third-order valence-corrected chi connectivity index (χ3v) is 4.48. The molecule has 20 heavy (non-hydrogen) atoms. The predicted octanol–water partition coefficient (Wildman–Crippen LogP) is 3.00. The van der Waals surface area contributed by atoms with Gasteiger partial charge in [0.15, 0.2) is 5.65 Å². The van der Waals surface area contributed by atoms with Crippen molar-refractivity contribution in [2.45, 2.75) is 33.7 Å². The van der Waals surface area contributed by atoms with Crippen molar-refractivity contribution >= 4 is 17.4 Å². The lowest BCUT2D eigenvalue weighted by molar-refractivity contribution is 0.496. The Kier molecular flexibility index (Phi) is 5.05. The molecule has 2 heterocycles. The summed E-state index contributed by atoms with van der Waals surface area (Å²) in [7, 11) is 0. The normalized spacial score (nSPS) is 14.7. The summed E-state index contributed by atoms with van der Waals surface area (Å²) in [6.45, 7) is 9.61. The number of aromatic nitrogens is 3. The fourth-order valence-electron chi connectivity index (χ4n) is 2.43. The smallest absolute Gasteiger partial charge is 0.155 e. The molecule has 0 radical (unpaired) electrons. The van der Waals surface area contributed by atoms with Crippen LogP contribution in [0, 0.1) is 19.8 Å². The van der Waals surface area contributed by atoms with Crippen molar-refractivity contribution in [2.24, 2.45) is 5.92 Å². The van der Waals surface area contributed by atoms with Gasteiger partial charge in [-0.3, -0.25) is 0 Å². The van der Waals surface area contributed by atoms with Crippen molar-refractivity contribution in [1.29, 1.82) is 0 Å². The summed E-state index contributed by atoms with van der Waals surface area (Å²) >= 11 is 1.90. The molecule has 0 bridgehead atoms. The maximum Gasteiger partial charge on any atom is 0.155 e. The van der Waals surface area contributed by atoms with Gasteiger partial charge in [0.2, 0.25) is 0 Å². The van der Waals surface area contributed by atoms with Crippen LogP contribution in [0.3, 0.4) is 0 Å². The van der Waals surface area contributed by atoms with Crippen LogP contribution in [0.15, 0.2) is 12.3 Å². The standard InChI is InChI=1S/C15H24N4S/c1-10(9-20-5)7-16-12(3)14-8-17-15-6-11(2)18-19(15)13(14)4/h6,8,10,12,16H,7,9H2,1-5H3. The summed E-state index contributed by atoms with van der Waals surface area (Å²) in [4.78, 5) is 4.50. The highest BCUT2D eigenvalue weighted by molar-refractivity contribution is 7.98. The van der Waals surface area contributed by atoms with Crippen LogP contribution >= 0.6 is 11.8 Å². The van der Waals surface area contributed by atoms with E-state index in [0.717, 1.165) is 17.9 Å². The maximum atomic E-state index is 4.50. The zero-order valence-corrected chi connectivity index (χ0v) is 13.8. The van der Waals surface area contributed by atoms with Crippen LogP contribution in [-0.4, -0.2) is 33.2 Å². The summed E-state index contributed by atoms with van der Waals surface area (Å²) in [6.07, 6.45) is 4.13. The van der Waals surface area contributed by atoms with Crippen molar-refractivity contribution in [3.8, 4) is 0 Å². The van der Waals surface area contributed by atoms with Crippen molar-refractivity contribution < 1.29 is 0 Å². The third kappa shape index (κ3) is 3.33. The molecule has 2 aromatic heterocycles. The summed E-state index contributed by atoms with van der Waals surface area (Å²) in [6, 6.07) is 2.30. The summed E-state index contributed by atoms with van der Waals surface area (Å²) in [5, 5.41) is 8.10. The molecule has 0 saturated heterocycles. The van der Waals surface area contributed by atoms with Crippen LogP contribution in [0.4, 0.5) is 0 Å². The molecule has 0 aliphatic carbocycles. The van der Waals surface area contributed by atoms with E-state index in [1.165, 1.54) is 17.0 Å². The Bertz CT molecular complexity index is 579. The van der Waals surface area contributed by atoms with Gasteiger partial charge in [0.05, 0.1) is 5.69 Å². The van der Waals surface area contributed by atoms with E-state index in [4.69, 9.17) is 0 Å². The minimum Gasteiger partial charge on any atom is -0.310 e. The average Bonchev–Trinajstić information content (AvgIpc) is 2.78. The van der Waals surface area contributed by atoms with Gasteiger partial charge in [-0.25, -0.2) is 9.50 Å². The van der Waals surface area contributed by atoms with Crippen LogP contribution in [-0.2, 0) is 0 Å². The highest BCUT2D eigenvalue weighted by Crippen LogP contribution is 2.18. The van der Waals surface area contributed by atoms with Crippen molar-refractivity contribution in [3.05, 3.63) is 29.2 Å². The van der Waals surface area contributed by atoms with Crippen LogP contribution in [0.5, 0.6) is 0 Å². The van der Waals surface area contributed by atoms with E-state index in [1.54, 1.807) is 0 Å². The second-order valence-corrected chi connectivity index (χ2v) is 6.46. The molecule has 4 nitrogen and oxygen atoms in total. The Morgan fingerprint density at radius 1 is 1.35 bits per heavy atom. The van der Waals surface area contributed by atoms with Crippen molar-refractivity contribution in [3.63, 3.8) is 0 Å². The first-order chi connectivity index (χ1) is 9.52. The monoisotopic (exact) mass is 292 g/mol. The lowest BCUT2D eigenvalue weighted by Crippen LogP contribution is -2.26. The SMILES string of the molecule is CSCC(C)CNC(C)c1cnc2cc(C)nn2c1C. The summed E-state index contributed by atoms with van der Waals surface area (Å²) < 4.78 is 1.94. The molecule has 5 heteroatoms. The molecular formula is C15H24N4S. The first-order valence-electron chi connectivity index (χ1n) is 7.07. The number of rotatable bonds is 6. The van der Waals surface area contributed by atoms with E-state index in [0.29, 0.717) is 12.0 Å². The zero-order chi connectivity index (χ0) is 14.7. The van der Waals surface area contributed by atoms with Crippen LogP contribution in [0.1, 0.15) is 36.8 Å². The van der Waals surface area contributed by atoms with Gasteiger partial charge in [0.25, 0.3) is 0 Å². The highest BCUT2D eigenvalue weighted by Gasteiger charge is 2.13. The molecular weight excluding hydrogens is 268 g/mol. The Balaban J connectivity index is 2.13. The van der Waals surface area contributed by atoms with E-state index in [9.17, 15) is 0 Å². The van der Waals surface area contributed by atoms with E-state index >= 15 is 0 Å². The Morgan fingerprint density at radius 3 is 2.80 bits per heavy atom. The van der Waals surface area contributed by atoms with E-state index in [-0.39, 0.29) is 0 Å². The minimum atomic E-state index is 0.292. The number of thioether (sulfide) groups is 1. The average molecular weight is 292 g/mol. The van der Waals surface area contributed by atoms with Gasteiger partial charge in [-0.1, -0.05) is 6.92 Å². The number of aryl methyl sites for hydroxylation is 2. The first kappa shape index (κ1) is 15.3. The summed E-state index contributed by atoms with van der Waals surface area (Å²) in [5.41, 5.74) is 4.32. The first-order valence-corrected chi connectivity index (χ1v) is 8.46. The fraction of sp³-hybridized carbons (Fsp3) is 0.600. The molecule has 2 atom stereocenters. The lowest BCUT2D eigenvalue weighted by atomic mass is 10.1. The molecule has 0 aliphatic rings. The van der Waals surface area contributed by atoms with Gasteiger partial charge >= 0.3 is 0 Å². The number of nitrogens with one attached hydrogen (secondary N) is 1. The quantitative estimate of drug-likeness (QED) is 0.889. The molecule has 2 rings (SSSR count). The molecule has 0 saturated carbocycles. The molecule has 2 unspecified atom stereocenters.